The average molecular weight is 341 g/mol. The highest BCUT2D eigenvalue weighted by molar-refractivity contribution is 5.85. The quantitative estimate of drug-likeness (QED) is 0.791. The second-order valence-electron chi connectivity index (χ2n) is 4.50. The van der Waals surface area contributed by atoms with E-state index >= 15 is 0 Å². The van der Waals surface area contributed by atoms with Gasteiger partial charge >= 0.3 is 0 Å². The number of nitrogens with zero attached hydrogens (tertiary/aromatic N) is 3. The van der Waals surface area contributed by atoms with Crippen molar-refractivity contribution >= 4 is 41.8 Å². The predicted molar refractivity (Wildman–Crippen MR) is 94.1 cm³/mol. The molecule has 0 aliphatic heterocycles. The molecule has 3 aromatic rings. The summed E-state index contributed by atoms with van der Waals surface area (Å²) in [6.07, 6.45) is 1.73. The van der Waals surface area contributed by atoms with Crippen molar-refractivity contribution < 1.29 is 4.74 Å². The molecule has 2 heterocycles. The Labute approximate surface area is 141 Å². The van der Waals surface area contributed by atoms with E-state index in [9.17, 15) is 0 Å². The monoisotopic (exact) mass is 340 g/mol. The lowest BCUT2D eigenvalue weighted by Crippen LogP contribution is -2.00. The molecule has 0 saturated heterocycles. The maximum Gasteiger partial charge on any atom is 0.201 e. The number of aromatic nitrogens is 3. The van der Waals surface area contributed by atoms with Crippen LogP contribution in [0.25, 0.3) is 22.3 Å². The van der Waals surface area contributed by atoms with Gasteiger partial charge in [-0.25, -0.2) is 4.98 Å². The smallest absolute Gasteiger partial charge is 0.201 e. The first kappa shape index (κ1) is 18.1. The number of ether oxygens (including phenoxy) is 1. The molecule has 3 rings (SSSR count). The fraction of sp³-hybridized carbons (Fsp3) is 0.200. The first-order chi connectivity index (χ1) is 9.72. The van der Waals surface area contributed by atoms with Gasteiger partial charge in [-0.05, 0) is 25.1 Å². The number of anilines is 1. The average Bonchev–Trinajstić information content (AvgIpc) is 2.81. The highest BCUT2D eigenvalue weighted by Crippen LogP contribution is 2.26. The number of rotatable bonds is 3. The van der Waals surface area contributed by atoms with E-state index in [2.05, 4.69) is 16.9 Å². The zero-order chi connectivity index (χ0) is 14.1. The van der Waals surface area contributed by atoms with Crippen LogP contribution >= 0.6 is 24.8 Å². The number of benzene rings is 1. The Morgan fingerprint density at radius 1 is 1.18 bits per heavy atom. The normalized spacial score (nSPS) is 9.91. The lowest BCUT2D eigenvalue weighted by atomic mass is 10.1. The summed E-state index contributed by atoms with van der Waals surface area (Å²) >= 11 is 0. The van der Waals surface area contributed by atoms with Crippen LogP contribution in [-0.2, 0) is 6.54 Å². The summed E-state index contributed by atoms with van der Waals surface area (Å²) in [5.74, 6) is 1.33. The number of methoxy groups -OCH3 is 1. The molecule has 0 aliphatic rings. The minimum absolute atomic E-state index is 0. The number of imidazole rings is 1. The molecule has 0 saturated carbocycles. The molecule has 2 N–H and O–H groups in total. The zero-order valence-electron chi connectivity index (χ0n) is 12.3. The number of pyridine rings is 1. The van der Waals surface area contributed by atoms with Gasteiger partial charge in [0.2, 0.25) is 5.95 Å². The second kappa shape index (κ2) is 7.33. The van der Waals surface area contributed by atoms with E-state index in [1.165, 1.54) is 0 Å². The molecule has 7 heteroatoms. The van der Waals surface area contributed by atoms with E-state index in [4.69, 9.17) is 10.5 Å². The Hall–Kier alpha value is -1.98. The summed E-state index contributed by atoms with van der Waals surface area (Å²) in [5, 5.41) is 0. The first-order valence-corrected chi connectivity index (χ1v) is 6.49. The van der Waals surface area contributed by atoms with Crippen molar-refractivity contribution in [1.82, 2.24) is 14.5 Å². The third kappa shape index (κ3) is 3.10. The SMILES string of the molecule is CCn1c(N)nc2cc(-c3cc(OC)ccn3)ccc21.Cl.Cl. The van der Waals surface area contributed by atoms with Crippen molar-refractivity contribution in [3.05, 3.63) is 36.5 Å². The lowest BCUT2D eigenvalue weighted by molar-refractivity contribution is 0.414. The van der Waals surface area contributed by atoms with Gasteiger partial charge in [-0.1, -0.05) is 6.07 Å². The molecule has 0 amide bonds. The van der Waals surface area contributed by atoms with E-state index in [1.807, 2.05) is 34.9 Å². The minimum Gasteiger partial charge on any atom is -0.497 e. The molecule has 118 valence electrons. The highest BCUT2D eigenvalue weighted by atomic mass is 35.5. The van der Waals surface area contributed by atoms with E-state index in [0.29, 0.717) is 5.95 Å². The summed E-state index contributed by atoms with van der Waals surface area (Å²) in [6, 6.07) is 9.78. The fourth-order valence-corrected chi connectivity index (χ4v) is 2.34. The van der Waals surface area contributed by atoms with E-state index in [1.54, 1.807) is 13.3 Å². The van der Waals surface area contributed by atoms with Crippen LogP contribution in [0.5, 0.6) is 5.75 Å². The van der Waals surface area contributed by atoms with E-state index in [-0.39, 0.29) is 24.8 Å². The minimum atomic E-state index is 0. The van der Waals surface area contributed by atoms with Crippen LogP contribution in [0.1, 0.15) is 6.92 Å². The Bertz CT molecular complexity index is 773. The summed E-state index contributed by atoms with van der Waals surface area (Å²) in [6.45, 7) is 2.86. The van der Waals surface area contributed by atoms with Crippen LogP contribution < -0.4 is 10.5 Å². The van der Waals surface area contributed by atoms with Crippen molar-refractivity contribution in [3.63, 3.8) is 0 Å². The summed E-state index contributed by atoms with van der Waals surface area (Å²) in [5.41, 5.74) is 9.69. The number of nitrogens with two attached hydrogens (primary N) is 1. The maximum atomic E-state index is 5.91. The van der Waals surface area contributed by atoms with Crippen molar-refractivity contribution in [3.8, 4) is 17.0 Å². The van der Waals surface area contributed by atoms with Crippen LogP contribution in [0.15, 0.2) is 36.5 Å². The number of hydrogen-bond donors (Lipinski definition) is 1. The standard InChI is InChI=1S/C15H16N4O.2ClH/c1-3-19-14-5-4-10(8-13(14)18-15(19)16)12-9-11(20-2)6-7-17-12;;/h4-9H,3H2,1-2H3,(H2,16,18);2*1H. The fourth-order valence-electron chi connectivity index (χ4n) is 2.34. The van der Waals surface area contributed by atoms with Crippen LogP contribution in [0, 0.1) is 0 Å². The zero-order valence-corrected chi connectivity index (χ0v) is 13.9. The molecule has 22 heavy (non-hydrogen) atoms. The molecule has 0 radical (unpaired) electrons. The number of aryl methyl sites for hydroxylation is 1. The second-order valence-corrected chi connectivity index (χ2v) is 4.50. The number of nitrogen functional groups attached to an aromatic ring is 1. The third-order valence-corrected chi connectivity index (χ3v) is 3.36. The number of hydrogen-bond acceptors (Lipinski definition) is 4. The van der Waals surface area contributed by atoms with Crippen molar-refractivity contribution in [2.24, 2.45) is 0 Å². The Morgan fingerprint density at radius 3 is 2.64 bits per heavy atom. The van der Waals surface area contributed by atoms with Crippen LogP contribution in [-0.4, -0.2) is 21.6 Å². The Morgan fingerprint density at radius 2 is 1.95 bits per heavy atom. The summed E-state index contributed by atoms with van der Waals surface area (Å²) < 4.78 is 7.21. The van der Waals surface area contributed by atoms with Gasteiger partial charge in [0.15, 0.2) is 0 Å². The molecule has 1 aromatic carbocycles. The topological polar surface area (TPSA) is 66.0 Å². The molecular weight excluding hydrogens is 323 g/mol. The number of fused-ring (bicyclic) bond motifs is 1. The van der Waals surface area contributed by atoms with E-state index in [0.717, 1.165) is 34.6 Å². The van der Waals surface area contributed by atoms with Gasteiger partial charge in [0.25, 0.3) is 0 Å². The van der Waals surface area contributed by atoms with Gasteiger partial charge in [-0.15, -0.1) is 24.8 Å². The van der Waals surface area contributed by atoms with E-state index < -0.39 is 0 Å². The van der Waals surface area contributed by atoms with Gasteiger partial charge in [0, 0.05) is 24.4 Å². The molecule has 0 aliphatic carbocycles. The largest absolute Gasteiger partial charge is 0.497 e. The molecule has 0 fully saturated rings. The van der Waals surface area contributed by atoms with Gasteiger partial charge < -0.3 is 15.0 Å². The summed E-state index contributed by atoms with van der Waals surface area (Å²) in [4.78, 5) is 8.76. The number of halogens is 2. The molecule has 0 bridgehead atoms. The first-order valence-electron chi connectivity index (χ1n) is 6.49. The van der Waals surface area contributed by atoms with Crippen LogP contribution in [0.2, 0.25) is 0 Å². The Kier molecular flexibility index (Phi) is 6.02. The molecule has 0 atom stereocenters. The van der Waals surface area contributed by atoms with Crippen LogP contribution in [0.3, 0.4) is 0 Å². The maximum absolute atomic E-state index is 5.91. The van der Waals surface area contributed by atoms with Gasteiger partial charge in [0.05, 0.1) is 23.8 Å². The highest BCUT2D eigenvalue weighted by Gasteiger charge is 2.09. The van der Waals surface area contributed by atoms with Crippen molar-refractivity contribution in [1.29, 1.82) is 0 Å². The molecule has 0 unspecified atom stereocenters. The van der Waals surface area contributed by atoms with Gasteiger partial charge in [-0.3, -0.25) is 4.98 Å². The molecule has 2 aromatic heterocycles. The third-order valence-electron chi connectivity index (χ3n) is 3.36. The van der Waals surface area contributed by atoms with Gasteiger partial charge in [-0.2, -0.15) is 0 Å². The lowest BCUT2D eigenvalue weighted by Gasteiger charge is -2.05. The van der Waals surface area contributed by atoms with Crippen LogP contribution in [0.4, 0.5) is 5.95 Å². The molecule has 0 spiro atoms. The Balaban J connectivity index is 0.00000121. The van der Waals surface area contributed by atoms with Crippen molar-refractivity contribution in [2.45, 2.75) is 13.5 Å². The predicted octanol–water partition coefficient (Wildman–Crippen LogP) is 3.55. The molecular formula is C15H18Cl2N4O. The molecule has 5 nitrogen and oxygen atoms in total. The summed E-state index contributed by atoms with van der Waals surface area (Å²) in [7, 11) is 1.64. The van der Waals surface area contributed by atoms with Crippen molar-refractivity contribution in [2.75, 3.05) is 12.8 Å². The van der Waals surface area contributed by atoms with Gasteiger partial charge in [0.1, 0.15) is 5.75 Å².